The second-order valence-electron chi connectivity index (χ2n) is 2.66. The fourth-order valence-corrected chi connectivity index (χ4v) is 0.904. The quantitative estimate of drug-likeness (QED) is 0.707. The van der Waals surface area contributed by atoms with Crippen LogP contribution in [0.25, 0.3) is 0 Å². The lowest BCUT2D eigenvalue weighted by atomic mass is 10.3. The van der Waals surface area contributed by atoms with Crippen LogP contribution in [0.2, 0.25) is 0 Å². The Bertz CT molecular complexity index is 303. The number of hydrogen-bond acceptors (Lipinski definition) is 4. The molecule has 0 bridgehead atoms. The summed E-state index contributed by atoms with van der Waals surface area (Å²) in [5.74, 6) is 0.932. The average molecular weight is 176 g/mol. The van der Waals surface area contributed by atoms with Crippen molar-refractivity contribution in [2.75, 3.05) is 11.9 Å². The second kappa shape index (κ2) is 5.09. The third-order valence-corrected chi connectivity index (χ3v) is 1.59. The standard InChI is InChI=1S/C9H12N4/c1-2-3-5-11-8-4-6-12-9(7-10)13-8/h4,6H,2-3,5H2,1H3,(H,11,12,13). The van der Waals surface area contributed by atoms with Crippen LogP contribution in [0.4, 0.5) is 5.82 Å². The average Bonchev–Trinajstić information content (AvgIpc) is 2.19. The van der Waals surface area contributed by atoms with Gasteiger partial charge in [0.15, 0.2) is 0 Å². The summed E-state index contributed by atoms with van der Waals surface area (Å²) in [6, 6.07) is 3.66. The van der Waals surface area contributed by atoms with Crippen molar-refractivity contribution in [1.82, 2.24) is 9.97 Å². The van der Waals surface area contributed by atoms with Crippen LogP contribution >= 0.6 is 0 Å². The number of unbranched alkanes of at least 4 members (excludes halogenated alkanes) is 1. The van der Waals surface area contributed by atoms with Crippen molar-refractivity contribution in [2.45, 2.75) is 19.8 Å². The van der Waals surface area contributed by atoms with E-state index in [-0.39, 0.29) is 5.82 Å². The molecule has 0 unspecified atom stereocenters. The molecule has 0 radical (unpaired) electrons. The van der Waals surface area contributed by atoms with Crippen molar-refractivity contribution in [1.29, 1.82) is 5.26 Å². The maximum Gasteiger partial charge on any atom is 0.234 e. The first kappa shape index (κ1) is 9.46. The summed E-state index contributed by atoms with van der Waals surface area (Å²) in [4.78, 5) is 7.75. The van der Waals surface area contributed by atoms with Crippen molar-refractivity contribution < 1.29 is 0 Å². The highest BCUT2D eigenvalue weighted by Gasteiger charge is 1.95. The van der Waals surface area contributed by atoms with E-state index in [2.05, 4.69) is 22.2 Å². The topological polar surface area (TPSA) is 61.6 Å². The molecule has 1 aromatic heterocycles. The van der Waals surface area contributed by atoms with Gasteiger partial charge in [0, 0.05) is 12.7 Å². The van der Waals surface area contributed by atoms with Crippen molar-refractivity contribution in [3.8, 4) is 6.07 Å². The zero-order valence-electron chi connectivity index (χ0n) is 7.62. The molecule has 0 amide bonds. The molecular formula is C9H12N4. The van der Waals surface area contributed by atoms with Crippen LogP contribution in [0.3, 0.4) is 0 Å². The van der Waals surface area contributed by atoms with Crippen LogP contribution in [-0.4, -0.2) is 16.5 Å². The molecule has 0 aliphatic rings. The number of aromatic nitrogens is 2. The number of rotatable bonds is 4. The Hall–Kier alpha value is -1.63. The van der Waals surface area contributed by atoms with Gasteiger partial charge in [0.25, 0.3) is 0 Å². The van der Waals surface area contributed by atoms with Gasteiger partial charge >= 0.3 is 0 Å². The molecule has 0 saturated heterocycles. The molecule has 0 saturated carbocycles. The highest BCUT2D eigenvalue weighted by atomic mass is 15.0. The number of anilines is 1. The first-order valence-corrected chi connectivity index (χ1v) is 4.34. The number of nitrogens with zero attached hydrogens (tertiary/aromatic N) is 3. The minimum absolute atomic E-state index is 0.210. The lowest BCUT2D eigenvalue weighted by Crippen LogP contribution is -2.03. The molecule has 4 heteroatoms. The molecule has 13 heavy (non-hydrogen) atoms. The predicted octanol–water partition coefficient (Wildman–Crippen LogP) is 1.56. The smallest absolute Gasteiger partial charge is 0.234 e. The first-order valence-electron chi connectivity index (χ1n) is 4.34. The summed E-state index contributed by atoms with van der Waals surface area (Å²) in [7, 11) is 0. The number of hydrogen-bond donors (Lipinski definition) is 1. The molecule has 0 aromatic carbocycles. The third-order valence-electron chi connectivity index (χ3n) is 1.59. The third kappa shape index (κ3) is 3.08. The van der Waals surface area contributed by atoms with E-state index in [1.165, 1.54) is 0 Å². The van der Waals surface area contributed by atoms with E-state index < -0.39 is 0 Å². The molecule has 0 aliphatic carbocycles. The lowest BCUT2D eigenvalue weighted by Gasteiger charge is -2.02. The monoisotopic (exact) mass is 176 g/mol. The Balaban J connectivity index is 2.52. The van der Waals surface area contributed by atoms with Gasteiger partial charge < -0.3 is 5.32 Å². The van der Waals surface area contributed by atoms with Gasteiger partial charge in [-0.05, 0) is 12.5 Å². The summed E-state index contributed by atoms with van der Waals surface area (Å²) in [6.45, 7) is 3.01. The molecule has 0 fully saturated rings. The number of nitriles is 1. The van der Waals surface area contributed by atoms with Crippen molar-refractivity contribution >= 4 is 5.82 Å². The van der Waals surface area contributed by atoms with Gasteiger partial charge in [-0.15, -0.1) is 0 Å². The van der Waals surface area contributed by atoms with E-state index in [0.29, 0.717) is 0 Å². The molecule has 1 aromatic rings. The van der Waals surface area contributed by atoms with Gasteiger partial charge in [-0.3, -0.25) is 0 Å². The molecule has 1 rings (SSSR count). The predicted molar refractivity (Wildman–Crippen MR) is 50.1 cm³/mol. The van der Waals surface area contributed by atoms with Gasteiger partial charge in [-0.1, -0.05) is 13.3 Å². The molecule has 0 aliphatic heterocycles. The van der Waals surface area contributed by atoms with E-state index in [0.717, 1.165) is 25.2 Å². The first-order chi connectivity index (χ1) is 6.36. The minimum Gasteiger partial charge on any atom is -0.370 e. The second-order valence-corrected chi connectivity index (χ2v) is 2.66. The Labute approximate surface area is 77.6 Å². The minimum atomic E-state index is 0.210. The van der Waals surface area contributed by atoms with E-state index in [1.54, 1.807) is 12.3 Å². The van der Waals surface area contributed by atoms with E-state index >= 15 is 0 Å². The van der Waals surface area contributed by atoms with Gasteiger partial charge in [0.2, 0.25) is 5.82 Å². The highest BCUT2D eigenvalue weighted by Crippen LogP contribution is 2.01. The molecule has 1 heterocycles. The Morgan fingerprint density at radius 2 is 2.46 bits per heavy atom. The van der Waals surface area contributed by atoms with Crippen LogP contribution in [-0.2, 0) is 0 Å². The van der Waals surface area contributed by atoms with Crippen LogP contribution < -0.4 is 5.32 Å². The van der Waals surface area contributed by atoms with Crippen molar-refractivity contribution in [2.24, 2.45) is 0 Å². The Morgan fingerprint density at radius 1 is 1.62 bits per heavy atom. The summed E-state index contributed by atoms with van der Waals surface area (Å²) in [6.07, 6.45) is 3.83. The van der Waals surface area contributed by atoms with Crippen LogP contribution in [0.5, 0.6) is 0 Å². The van der Waals surface area contributed by atoms with Crippen LogP contribution in [0.1, 0.15) is 25.6 Å². The Morgan fingerprint density at radius 3 is 3.15 bits per heavy atom. The maximum atomic E-state index is 8.53. The SMILES string of the molecule is CCCCNc1ccnc(C#N)n1. The normalized spacial score (nSPS) is 9.23. The van der Waals surface area contributed by atoms with E-state index in [1.807, 2.05) is 6.07 Å². The highest BCUT2D eigenvalue weighted by molar-refractivity contribution is 5.34. The zero-order valence-corrected chi connectivity index (χ0v) is 7.62. The molecule has 1 N–H and O–H groups in total. The molecule has 0 atom stereocenters. The van der Waals surface area contributed by atoms with Crippen molar-refractivity contribution in [3.63, 3.8) is 0 Å². The summed E-state index contributed by atoms with van der Waals surface area (Å²) in [5, 5.41) is 11.6. The van der Waals surface area contributed by atoms with Crippen LogP contribution in [0, 0.1) is 11.3 Å². The molecule has 4 nitrogen and oxygen atoms in total. The molecular weight excluding hydrogens is 164 g/mol. The van der Waals surface area contributed by atoms with Gasteiger partial charge in [-0.25, -0.2) is 9.97 Å². The van der Waals surface area contributed by atoms with Crippen LogP contribution in [0.15, 0.2) is 12.3 Å². The fraction of sp³-hybridized carbons (Fsp3) is 0.444. The van der Waals surface area contributed by atoms with Crippen molar-refractivity contribution in [3.05, 3.63) is 18.1 Å². The zero-order chi connectivity index (χ0) is 9.52. The lowest BCUT2D eigenvalue weighted by molar-refractivity contribution is 0.830. The van der Waals surface area contributed by atoms with E-state index in [4.69, 9.17) is 5.26 Å². The Kier molecular flexibility index (Phi) is 3.71. The fourth-order valence-electron chi connectivity index (χ4n) is 0.904. The van der Waals surface area contributed by atoms with Gasteiger partial charge in [0.1, 0.15) is 11.9 Å². The van der Waals surface area contributed by atoms with Gasteiger partial charge in [-0.2, -0.15) is 5.26 Å². The maximum absolute atomic E-state index is 8.53. The summed E-state index contributed by atoms with van der Waals surface area (Å²) in [5.41, 5.74) is 0. The van der Waals surface area contributed by atoms with Gasteiger partial charge in [0.05, 0.1) is 0 Å². The molecule has 0 spiro atoms. The largest absolute Gasteiger partial charge is 0.370 e. The summed E-state index contributed by atoms with van der Waals surface area (Å²) < 4.78 is 0. The van der Waals surface area contributed by atoms with E-state index in [9.17, 15) is 0 Å². The summed E-state index contributed by atoms with van der Waals surface area (Å²) >= 11 is 0. The number of nitrogens with one attached hydrogen (secondary N) is 1. The molecule has 68 valence electrons.